The number of nitrogens with one attached hydrogen (secondary N) is 2. The van der Waals surface area contributed by atoms with Crippen molar-refractivity contribution in [1.29, 1.82) is 0 Å². The monoisotopic (exact) mass is 364 g/mol. The molecule has 27 heavy (non-hydrogen) atoms. The fourth-order valence-electron chi connectivity index (χ4n) is 4.27. The number of aromatic nitrogens is 4. The van der Waals surface area contributed by atoms with Crippen molar-refractivity contribution in [1.82, 2.24) is 30.2 Å². The minimum absolute atomic E-state index is 0.446. The van der Waals surface area contributed by atoms with E-state index < -0.39 is 0 Å². The van der Waals surface area contributed by atoms with Gasteiger partial charge in [0.1, 0.15) is 6.33 Å². The van der Waals surface area contributed by atoms with Crippen LogP contribution < -0.4 is 10.6 Å². The Hall–Kier alpha value is -2.63. The molecule has 0 amide bonds. The van der Waals surface area contributed by atoms with Crippen molar-refractivity contribution in [3.8, 4) is 5.95 Å². The van der Waals surface area contributed by atoms with Crippen LogP contribution in [0.25, 0.3) is 11.6 Å². The average Bonchev–Trinajstić information content (AvgIpc) is 3.38. The fourth-order valence-corrected chi connectivity index (χ4v) is 4.27. The Bertz CT molecular complexity index is 831. The Morgan fingerprint density at radius 1 is 1.15 bits per heavy atom. The van der Waals surface area contributed by atoms with Crippen LogP contribution >= 0.6 is 0 Å². The molecule has 142 valence electrons. The van der Waals surface area contributed by atoms with Gasteiger partial charge in [0.2, 0.25) is 5.95 Å². The molecule has 4 rings (SSSR count). The lowest BCUT2D eigenvalue weighted by atomic mass is 9.84. The molecule has 2 aliphatic carbocycles. The van der Waals surface area contributed by atoms with Crippen LogP contribution in [0.2, 0.25) is 0 Å². The predicted octanol–water partition coefficient (Wildman–Crippen LogP) is 3.00. The van der Waals surface area contributed by atoms with Gasteiger partial charge in [0, 0.05) is 42.4 Å². The van der Waals surface area contributed by atoms with Crippen LogP contribution in [0.3, 0.4) is 0 Å². The maximum atomic E-state index is 4.83. The smallest absolute Gasteiger partial charge is 0.235 e. The molecule has 0 saturated heterocycles. The first kappa shape index (κ1) is 17.8. The lowest BCUT2D eigenvalue weighted by Crippen LogP contribution is -2.33. The number of aryl methyl sites for hydroxylation is 1. The quantitative estimate of drug-likeness (QED) is 0.825. The summed E-state index contributed by atoms with van der Waals surface area (Å²) in [4.78, 5) is 13.7. The Balaban J connectivity index is 1.50. The summed E-state index contributed by atoms with van der Waals surface area (Å²) in [6.07, 6.45) is 13.1. The van der Waals surface area contributed by atoms with E-state index in [1.54, 1.807) is 12.5 Å². The topological polar surface area (TPSA) is 67.7 Å². The summed E-state index contributed by atoms with van der Waals surface area (Å²) in [6.45, 7) is 8.46. The fraction of sp³-hybridized carbons (Fsp3) is 0.476. The van der Waals surface area contributed by atoms with Gasteiger partial charge >= 0.3 is 0 Å². The average molecular weight is 364 g/mol. The molecular formula is C21H28N6. The molecule has 1 saturated carbocycles. The maximum Gasteiger partial charge on any atom is 0.235 e. The highest BCUT2D eigenvalue weighted by Crippen LogP contribution is 2.31. The van der Waals surface area contributed by atoms with Gasteiger partial charge < -0.3 is 10.6 Å². The number of fused-ring (bicyclic) bond motifs is 1. The van der Waals surface area contributed by atoms with Crippen molar-refractivity contribution in [3.63, 3.8) is 0 Å². The normalized spacial score (nSPS) is 21.5. The van der Waals surface area contributed by atoms with Crippen molar-refractivity contribution >= 4 is 5.70 Å². The van der Waals surface area contributed by atoms with E-state index in [0.717, 1.165) is 67.7 Å². The first-order valence-corrected chi connectivity index (χ1v) is 9.86. The van der Waals surface area contributed by atoms with E-state index in [4.69, 9.17) is 9.97 Å². The van der Waals surface area contributed by atoms with Crippen LogP contribution in [0, 0.1) is 5.92 Å². The molecule has 0 bridgehead atoms. The number of allylic oxidation sites excluding steroid dienone is 1. The SMILES string of the molecule is C=C(NC1CCC(C(=C)NC)CC1)c1nc(-n2ccnc2)nc2c1CCC2. The molecule has 2 aromatic rings. The Morgan fingerprint density at radius 3 is 2.67 bits per heavy atom. The van der Waals surface area contributed by atoms with Gasteiger partial charge in [0.25, 0.3) is 0 Å². The third-order valence-corrected chi connectivity index (χ3v) is 5.86. The molecule has 0 aliphatic heterocycles. The van der Waals surface area contributed by atoms with E-state index in [-0.39, 0.29) is 0 Å². The zero-order valence-corrected chi connectivity index (χ0v) is 16.0. The van der Waals surface area contributed by atoms with Crippen LogP contribution in [-0.4, -0.2) is 32.6 Å². The highest BCUT2D eigenvalue weighted by atomic mass is 15.2. The van der Waals surface area contributed by atoms with E-state index in [0.29, 0.717) is 17.9 Å². The van der Waals surface area contributed by atoms with Gasteiger partial charge in [0.15, 0.2) is 0 Å². The third-order valence-electron chi connectivity index (χ3n) is 5.86. The Labute approximate surface area is 160 Å². The van der Waals surface area contributed by atoms with E-state index >= 15 is 0 Å². The highest BCUT2D eigenvalue weighted by Gasteiger charge is 2.25. The van der Waals surface area contributed by atoms with Gasteiger partial charge in [-0.05, 0) is 50.9 Å². The summed E-state index contributed by atoms with van der Waals surface area (Å²) >= 11 is 0. The van der Waals surface area contributed by atoms with E-state index in [2.05, 4.69) is 28.8 Å². The Morgan fingerprint density at radius 2 is 1.96 bits per heavy atom. The third kappa shape index (κ3) is 3.61. The second kappa shape index (κ2) is 7.55. The molecule has 0 spiro atoms. The molecular weight excluding hydrogens is 336 g/mol. The van der Waals surface area contributed by atoms with Gasteiger partial charge in [-0.25, -0.2) is 15.0 Å². The van der Waals surface area contributed by atoms with Crippen LogP contribution in [0.4, 0.5) is 0 Å². The highest BCUT2D eigenvalue weighted by molar-refractivity contribution is 5.63. The summed E-state index contributed by atoms with van der Waals surface area (Å²) < 4.78 is 1.87. The second-order valence-corrected chi connectivity index (χ2v) is 7.57. The first-order chi connectivity index (χ1) is 13.2. The molecule has 0 atom stereocenters. The molecule has 6 nitrogen and oxygen atoms in total. The van der Waals surface area contributed by atoms with Crippen LogP contribution in [0.5, 0.6) is 0 Å². The van der Waals surface area contributed by atoms with Crippen molar-refractivity contribution in [2.75, 3.05) is 7.05 Å². The molecule has 2 aliphatic rings. The van der Waals surface area contributed by atoms with Gasteiger partial charge in [-0.15, -0.1) is 0 Å². The van der Waals surface area contributed by atoms with Gasteiger partial charge in [-0.2, -0.15) is 0 Å². The standard InChI is InChI=1S/C21H28N6/c1-14(22-3)16-7-9-17(10-8-16)24-15(2)20-18-5-4-6-19(18)25-21(26-20)27-12-11-23-13-27/h11-13,16-17,22,24H,1-2,4-10H2,3H3. The van der Waals surface area contributed by atoms with Crippen molar-refractivity contribution in [2.45, 2.75) is 51.0 Å². The summed E-state index contributed by atoms with van der Waals surface area (Å²) in [5, 5.41) is 6.86. The molecule has 6 heteroatoms. The van der Waals surface area contributed by atoms with E-state index in [1.807, 2.05) is 17.8 Å². The predicted molar refractivity (Wildman–Crippen MR) is 107 cm³/mol. The largest absolute Gasteiger partial charge is 0.392 e. The number of nitrogens with zero attached hydrogens (tertiary/aromatic N) is 4. The minimum atomic E-state index is 0.446. The van der Waals surface area contributed by atoms with Gasteiger partial charge in [0.05, 0.1) is 11.4 Å². The Kier molecular flexibility index (Phi) is 4.97. The molecule has 0 unspecified atom stereocenters. The number of rotatable bonds is 6. The molecule has 0 aromatic carbocycles. The summed E-state index contributed by atoms with van der Waals surface area (Å²) in [5.41, 5.74) is 5.47. The summed E-state index contributed by atoms with van der Waals surface area (Å²) in [5.74, 6) is 1.26. The van der Waals surface area contributed by atoms with Crippen molar-refractivity contribution < 1.29 is 0 Å². The van der Waals surface area contributed by atoms with E-state index in [1.165, 1.54) is 5.56 Å². The number of hydrogen-bond acceptors (Lipinski definition) is 5. The summed E-state index contributed by atoms with van der Waals surface area (Å²) in [6, 6.07) is 0.446. The van der Waals surface area contributed by atoms with Gasteiger partial charge in [-0.3, -0.25) is 4.57 Å². The molecule has 2 heterocycles. The maximum absolute atomic E-state index is 4.83. The van der Waals surface area contributed by atoms with Crippen molar-refractivity contribution in [2.24, 2.45) is 5.92 Å². The minimum Gasteiger partial charge on any atom is -0.392 e. The first-order valence-electron chi connectivity index (χ1n) is 9.86. The number of imidazole rings is 1. The molecule has 2 aromatic heterocycles. The lowest BCUT2D eigenvalue weighted by Gasteiger charge is -2.31. The zero-order valence-electron chi connectivity index (χ0n) is 16.0. The van der Waals surface area contributed by atoms with Gasteiger partial charge in [-0.1, -0.05) is 13.2 Å². The van der Waals surface area contributed by atoms with Crippen LogP contribution in [0.15, 0.2) is 37.6 Å². The molecule has 2 N–H and O–H groups in total. The van der Waals surface area contributed by atoms with Crippen LogP contribution in [-0.2, 0) is 12.8 Å². The molecule has 0 radical (unpaired) electrons. The zero-order chi connectivity index (χ0) is 18.8. The second-order valence-electron chi connectivity index (χ2n) is 7.57. The van der Waals surface area contributed by atoms with Crippen molar-refractivity contribution in [3.05, 3.63) is 54.5 Å². The van der Waals surface area contributed by atoms with Crippen LogP contribution in [0.1, 0.15) is 49.1 Å². The van der Waals surface area contributed by atoms with E-state index in [9.17, 15) is 0 Å². The molecule has 1 fully saturated rings. The number of hydrogen-bond donors (Lipinski definition) is 2. The lowest BCUT2D eigenvalue weighted by molar-refractivity contribution is 0.334. The summed E-state index contributed by atoms with van der Waals surface area (Å²) in [7, 11) is 1.96.